The maximum atomic E-state index is 12.7. The minimum Gasteiger partial charge on any atom is -0.335 e. The fraction of sp³-hybridized carbons (Fsp3) is 0.294. The number of carbonyl (C=O) groups is 1. The lowest BCUT2D eigenvalue weighted by molar-refractivity contribution is -0.131. The van der Waals surface area contributed by atoms with Crippen molar-refractivity contribution in [2.75, 3.05) is 6.54 Å². The molecule has 1 atom stereocenters. The minimum absolute atomic E-state index is 0.122. The van der Waals surface area contributed by atoms with Crippen LogP contribution in [0.15, 0.2) is 42.2 Å². The van der Waals surface area contributed by atoms with Gasteiger partial charge >= 0.3 is 0 Å². The van der Waals surface area contributed by atoms with Crippen molar-refractivity contribution < 1.29 is 4.79 Å². The summed E-state index contributed by atoms with van der Waals surface area (Å²) in [5.41, 5.74) is 2.73. The Hall–Kier alpha value is -2.54. The van der Waals surface area contributed by atoms with Gasteiger partial charge in [-0.2, -0.15) is 5.10 Å². The molecule has 1 aliphatic rings. The first-order valence-corrected chi connectivity index (χ1v) is 8.83. The van der Waals surface area contributed by atoms with Crippen molar-refractivity contribution in [2.45, 2.75) is 25.3 Å². The zero-order chi connectivity index (χ0) is 16.4. The Labute approximate surface area is 143 Å². The van der Waals surface area contributed by atoms with Crippen molar-refractivity contribution in [3.8, 4) is 10.7 Å². The van der Waals surface area contributed by atoms with Crippen LogP contribution in [0.25, 0.3) is 10.7 Å². The first-order valence-electron chi connectivity index (χ1n) is 7.95. The predicted octanol–water partition coefficient (Wildman–Crippen LogP) is 2.83. The van der Waals surface area contributed by atoms with Crippen LogP contribution in [0.4, 0.5) is 0 Å². The van der Waals surface area contributed by atoms with Crippen molar-refractivity contribution in [2.24, 2.45) is 0 Å². The van der Waals surface area contributed by atoms with Gasteiger partial charge in [0.1, 0.15) is 5.01 Å². The van der Waals surface area contributed by atoms with Crippen molar-refractivity contribution in [1.29, 1.82) is 0 Å². The third-order valence-corrected chi connectivity index (χ3v) is 5.16. The molecule has 1 fully saturated rings. The van der Waals surface area contributed by atoms with E-state index >= 15 is 0 Å². The van der Waals surface area contributed by atoms with Gasteiger partial charge in [0.2, 0.25) is 5.91 Å². The molecule has 0 aromatic carbocycles. The van der Waals surface area contributed by atoms with Crippen LogP contribution in [-0.4, -0.2) is 37.5 Å². The summed E-state index contributed by atoms with van der Waals surface area (Å²) in [6, 6.07) is 5.88. The average Bonchev–Trinajstić information content (AvgIpc) is 3.36. The number of carbonyl (C=O) groups excluding carboxylic acids is 1. The van der Waals surface area contributed by atoms with Gasteiger partial charge in [0.15, 0.2) is 0 Å². The normalized spacial score (nSPS) is 17.3. The van der Waals surface area contributed by atoms with E-state index in [0.29, 0.717) is 6.42 Å². The monoisotopic (exact) mass is 339 g/mol. The van der Waals surface area contributed by atoms with E-state index in [0.717, 1.165) is 41.3 Å². The van der Waals surface area contributed by atoms with Gasteiger partial charge in [-0.1, -0.05) is 6.07 Å². The van der Waals surface area contributed by atoms with Gasteiger partial charge in [0.25, 0.3) is 0 Å². The third-order valence-electron chi connectivity index (χ3n) is 4.25. The molecule has 122 valence electrons. The molecule has 0 spiro atoms. The molecule has 3 aromatic rings. The molecule has 7 heteroatoms. The van der Waals surface area contributed by atoms with E-state index in [4.69, 9.17) is 0 Å². The third kappa shape index (κ3) is 2.94. The standard InChI is InChI=1S/C17H17N5OS/c23-16(22-7-3-5-15(22)12-9-19-20-10-12)8-13-11-24-17(21-13)14-4-1-2-6-18-14/h1-2,4,6,9-11,15H,3,5,7-8H2,(H,19,20)/t15-/m0/s1. The molecule has 1 saturated heterocycles. The number of nitrogens with one attached hydrogen (secondary N) is 1. The van der Waals surface area contributed by atoms with Gasteiger partial charge in [-0.25, -0.2) is 4.98 Å². The van der Waals surface area contributed by atoms with E-state index < -0.39 is 0 Å². The first kappa shape index (κ1) is 15.0. The number of hydrogen-bond donors (Lipinski definition) is 1. The highest BCUT2D eigenvalue weighted by atomic mass is 32.1. The van der Waals surface area contributed by atoms with Crippen LogP contribution in [0, 0.1) is 0 Å². The average molecular weight is 339 g/mol. The molecular weight excluding hydrogens is 322 g/mol. The van der Waals surface area contributed by atoms with Crippen molar-refractivity contribution in [3.05, 3.63) is 53.4 Å². The lowest BCUT2D eigenvalue weighted by atomic mass is 10.1. The smallest absolute Gasteiger partial charge is 0.229 e. The lowest BCUT2D eigenvalue weighted by Crippen LogP contribution is -2.31. The predicted molar refractivity (Wildman–Crippen MR) is 91.3 cm³/mol. The Bertz CT molecular complexity index is 815. The van der Waals surface area contributed by atoms with Crippen LogP contribution in [0.3, 0.4) is 0 Å². The van der Waals surface area contributed by atoms with Crippen LogP contribution in [0.2, 0.25) is 0 Å². The Morgan fingerprint density at radius 3 is 3.17 bits per heavy atom. The Kier molecular flexibility index (Phi) is 4.08. The molecule has 4 heterocycles. The van der Waals surface area contributed by atoms with Crippen LogP contribution >= 0.6 is 11.3 Å². The number of likely N-dealkylation sites (tertiary alicyclic amines) is 1. The maximum Gasteiger partial charge on any atom is 0.229 e. The number of amides is 1. The summed E-state index contributed by atoms with van der Waals surface area (Å²) in [4.78, 5) is 23.5. The van der Waals surface area contributed by atoms with Gasteiger partial charge in [-0.3, -0.25) is 14.9 Å². The Balaban J connectivity index is 1.47. The zero-order valence-corrected chi connectivity index (χ0v) is 13.9. The second kappa shape index (κ2) is 6.52. The molecule has 4 rings (SSSR count). The van der Waals surface area contributed by atoms with Gasteiger partial charge in [-0.15, -0.1) is 11.3 Å². The van der Waals surface area contributed by atoms with Crippen LogP contribution < -0.4 is 0 Å². The van der Waals surface area contributed by atoms with Crippen LogP contribution in [0.5, 0.6) is 0 Å². The molecule has 0 aliphatic carbocycles. The van der Waals surface area contributed by atoms with E-state index in [1.54, 1.807) is 12.4 Å². The van der Waals surface area contributed by atoms with Crippen LogP contribution in [0.1, 0.15) is 30.1 Å². The molecular formula is C17H17N5OS. The largest absolute Gasteiger partial charge is 0.335 e. The summed E-state index contributed by atoms with van der Waals surface area (Å²) in [6.45, 7) is 0.798. The molecule has 1 N–H and O–H groups in total. The Morgan fingerprint density at radius 1 is 1.42 bits per heavy atom. The molecule has 0 unspecified atom stereocenters. The van der Waals surface area contributed by atoms with Gasteiger partial charge in [0, 0.05) is 29.9 Å². The zero-order valence-electron chi connectivity index (χ0n) is 13.1. The van der Waals surface area contributed by atoms with E-state index in [1.165, 1.54) is 11.3 Å². The second-order valence-electron chi connectivity index (χ2n) is 5.81. The maximum absolute atomic E-state index is 12.7. The number of nitrogens with zero attached hydrogens (tertiary/aromatic N) is 4. The highest BCUT2D eigenvalue weighted by Crippen LogP contribution is 2.32. The van der Waals surface area contributed by atoms with E-state index in [1.807, 2.05) is 34.7 Å². The number of aromatic nitrogens is 4. The molecule has 3 aromatic heterocycles. The van der Waals surface area contributed by atoms with Crippen molar-refractivity contribution >= 4 is 17.2 Å². The molecule has 0 saturated carbocycles. The van der Waals surface area contributed by atoms with E-state index in [9.17, 15) is 4.79 Å². The lowest BCUT2D eigenvalue weighted by Gasteiger charge is -2.23. The molecule has 1 amide bonds. The Morgan fingerprint density at radius 2 is 2.38 bits per heavy atom. The summed E-state index contributed by atoms with van der Waals surface area (Å²) in [5, 5.41) is 9.63. The number of pyridine rings is 1. The highest BCUT2D eigenvalue weighted by molar-refractivity contribution is 7.13. The van der Waals surface area contributed by atoms with Crippen molar-refractivity contribution in [1.82, 2.24) is 25.1 Å². The molecule has 1 aliphatic heterocycles. The summed E-state index contributed by atoms with van der Waals surface area (Å²) in [5.74, 6) is 0.122. The van der Waals surface area contributed by atoms with Crippen molar-refractivity contribution in [3.63, 3.8) is 0 Å². The summed E-state index contributed by atoms with van der Waals surface area (Å²) in [7, 11) is 0. The summed E-state index contributed by atoms with van der Waals surface area (Å²) < 4.78 is 0. The quantitative estimate of drug-likeness (QED) is 0.793. The number of thiazole rings is 1. The van der Waals surface area contributed by atoms with E-state index in [2.05, 4.69) is 20.2 Å². The van der Waals surface area contributed by atoms with E-state index in [-0.39, 0.29) is 11.9 Å². The fourth-order valence-corrected chi connectivity index (χ4v) is 3.90. The number of rotatable bonds is 4. The number of hydrogen-bond acceptors (Lipinski definition) is 5. The number of aromatic amines is 1. The second-order valence-corrected chi connectivity index (χ2v) is 6.67. The SMILES string of the molecule is O=C(Cc1csc(-c2ccccn2)n1)N1CCC[C@H]1c1cn[nH]c1. The van der Waals surface area contributed by atoms with Gasteiger partial charge < -0.3 is 4.90 Å². The topological polar surface area (TPSA) is 74.8 Å². The highest BCUT2D eigenvalue weighted by Gasteiger charge is 2.30. The minimum atomic E-state index is 0.122. The summed E-state index contributed by atoms with van der Waals surface area (Å²) >= 11 is 1.53. The first-order chi connectivity index (χ1) is 11.8. The fourth-order valence-electron chi connectivity index (χ4n) is 3.11. The molecule has 0 radical (unpaired) electrons. The summed E-state index contributed by atoms with van der Waals surface area (Å²) in [6.07, 6.45) is 7.77. The van der Waals surface area contributed by atoms with Crippen LogP contribution in [-0.2, 0) is 11.2 Å². The van der Waals surface area contributed by atoms with Gasteiger partial charge in [-0.05, 0) is 25.0 Å². The van der Waals surface area contributed by atoms with Gasteiger partial charge in [0.05, 0.1) is 30.0 Å². The molecule has 24 heavy (non-hydrogen) atoms. The molecule has 6 nitrogen and oxygen atoms in total. The molecule has 0 bridgehead atoms. The number of H-pyrrole nitrogens is 1.